The number of rotatable bonds is 6. The van der Waals surface area contributed by atoms with Gasteiger partial charge < -0.3 is 9.84 Å². The van der Waals surface area contributed by atoms with Crippen LogP contribution in [0.1, 0.15) is 25.0 Å². The topological polar surface area (TPSA) is 63.6 Å². The van der Waals surface area contributed by atoms with Crippen molar-refractivity contribution < 1.29 is 18.3 Å². The molecule has 0 aliphatic heterocycles. The van der Waals surface area contributed by atoms with E-state index < -0.39 is 15.9 Å². The number of hydrogen-bond acceptors (Lipinski definition) is 4. The minimum atomic E-state index is -2.95. The highest BCUT2D eigenvalue weighted by Gasteiger charge is 2.07. The van der Waals surface area contributed by atoms with Gasteiger partial charge in [0, 0.05) is 6.26 Å². The number of hydrogen-bond donors (Lipinski definition) is 1. The minimum absolute atomic E-state index is 0.0936. The Morgan fingerprint density at radius 3 is 2.61 bits per heavy atom. The lowest BCUT2D eigenvalue weighted by atomic mass is 10.1. The van der Waals surface area contributed by atoms with Crippen molar-refractivity contribution in [2.24, 2.45) is 0 Å². The lowest BCUT2D eigenvalue weighted by Crippen LogP contribution is -2.08. The van der Waals surface area contributed by atoms with E-state index in [0.717, 1.165) is 0 Å². The highest BCUT2D eigenvalue weighted by atomic mass is 35.5. The molecule has 1 rings (SSSR count). The van der Waals surface area contributed by atoms with E-state index in [0.29, 0.717) is 29.4 Å². The van der Waals surface area contributed by atoms with Gasteiger partial charge in [0.15, 0.2) is 0 Å². The summed E-state index contributed by atoms with van der Waals surface area (Å²) in [6.07, 6.45) is 1.03. The zero-order valence-corrected chi connectivity index (χ0v) is 12.0. The van der Waals surface area contributed by atoms with Crippen molar-refractivity contribution in [3.63, 3.8) is 0 Å². The van der Waals surface area contributed by atoms with Gasteiger partial charge in [0.25, 0.3) is 0 Å². The summed E-state index contributed by atoms with van der Waals surface area (Å²) in [4.78, 5) is 0. The maximum absolute atomic E-state index is 10.9. The Labute approximate surface area is 112 Å². The number of aliphatic hydroxyl groups excluding tert-OH is 1. The van der Waals surface area contributed by atoms with Crippen LogP contribution in [0, 0.1) is 0 Å². The van der Waals surface area contributed by atoms with Gasteiger partial charge in [0.2, 0.25) is 0 Å². The van der Waals surface area contributed by atoms with Crippen molar-refractivity contribution in [1.29, 1.82) is 0 Å². The molecule has 1 aromatic rings. The molecule has 102 valence electrons. The third-order valence-electron chi connectivity index (χ3n) is 2.36. The predicted octanol–water partition coefficient (Wildman–Crippen LogP) is 2.21. The van der Waals surface area contributed by atoms with Crippen LogP contribution in [0.2, 0.25) is 5.02 Å². The van der Waals surface area contributed by atoms with E-state index in [1.807, 2.05) is 0 Å². The van der Waals surface area contributed by atoms with Crippen LogP contribution in [-0.4, -0.2) is 32.1 Å². The molecule has 4 nitrogen and oxygen atoms in total. The van der Waals surface area contributed by atoms with Crippen LogP contribution >= 0.6 is 11.6 Å². The summed E-state index contributed by atoms with van der Waals surface area (Å²) in [5.41, 5.74) is 0.712. The van der Waals surface area contributed by atoms with E-state index in [9.17, 15) is 13.5 Å². The van der Waals surface area contributed by atoms with Gasteiger partial charge in [-0.2, -0.15) is 0 Å². The highest BCUT2D eigenvalue weighted by Crippen LogP contribution is 2.27. The average molecular weight is 293 g/mol. The molecule has 1 N–H and O–H groups in total. The van der Waals surface area contributed by atoms with Gasteiger partial charge in [-0.05, 0) is 31.0 Å². The Hall–Kier alpha value is -0.780. The molecule has 6 heteroatoms. The molecule has 1 atom stereocenters. The number of sulfone groups is 1. The van der Waals surface area contributed by atoms with E-state index in [2.05, 4.69) is 0 Å². The molecule has 0 bridgehead atoms. The minimum Gasteiger partial charge on any atom is -0.492 e. The molecule has 0 spiro atoms. The van der Waals surface area contributed by atoms with Gasteiger partial charge in [-0.15, -0.1) is 0 Å². The molecule has 1 unspecified atom stereocenters. The van der Waals surface area contributed by atoms with Gasteiger partial charge in [-0.3, -0.25) is 0 Å². The summed E-state index contributed by atoms with van der Waals surface area (Å²) >= 11 is 5.99. The molecule has 0 aromatic heterocycles. The van der Waals surface area contributed by atoms with Crippen LogP contribution in [0.3, 0.4) is 0 Å². The van der Waals surface area contributed by atoms with Crippen LogP contribution < -0.4 is 4.74 Å². The van der Waals surface area contributed by atoms with Crippen molar-refractivity contribution in [3.8, 4) is 5.75 Å². The quantitative estimate of drug-likeness (QED) is 0.817. The van der Waals surface area contributed by atoms with Crippen molar-refractivity contribution in [2.45, 2.75) is 19.4 Å². The van der Waals surface area contributed by atoms with Crippen molar-refractivity contribution in [2.75, 3.05) is 18.6 Å². The SMILES string of the molecule is CC(O)c1ccc(OCCCS(C)(=O)=O)c(Cl)c1. The standard InChI is InChI=1S/C12H17ClO4S/c1-9(14)10-4-5-12(11(13)8-10)17-6-3-7-18(2,15)16/h4-5,8-9,14H,3,6-7H2,1-2H3. The van der Waals surface area contributed by atoms with Crippen molar-refractivity contribution in [1.82, 2.24) is 0 Å². The average Bonchev–Trinajstić information content (AvgIpc) is 2.24. The van der Waals surface area contributed by atoms with Crippen LogP contribution in [0.25, 0.3) is 0 Å². The second-order valence-electron chi connectivity index (χ2n) is 4.20. The Morgan fingerprint density at radius 1 is 1.44 bits per heavy atom. The lowest BCUT2D eigenvalue weighted by Gasteiger charge is -2.10. The Morgan fingerprint density at radius 2 is 2.11 bits per heavy atom. The first-order valence-electron chi connectivity index (χ1n) is 5.57. The Bertz CT molecular complexity index is 497. The highest BCUT2D eigenvalue weighted by molar-refractivity contribution is 7.90. The summed E-state index contributed by atoms with van der Waals surface area (Å²) < 4.78 is 27.2. The largest absolute Gasteiger partial charge is 0.492 e. The third-order valence-corrected chi connectivity index (χ3v) is 3.68. The van der Waals surface area contributed by atoms with Gasteiger partial charge in [-0.1, -0.05) is 17.7 Å². The summed E-state index contributed by atoms with van der Waals surface area (Å²) in [6, 6.07) is 5.03. The van der Waals surface area contributed by atoms with E-state index in [1.54, 1.807) is 25.1 Å². The molecule has 0 radical (unpaired) electrons. The number of halogens is 1. The molecule has 0 heterocycles. The first-order chi connectivity index (χ1) is 8.29. The first kappa shape index (κ1) is 15.3. The molecule has 0 fully saturated rings. The third kappa shape index (κ3) is 5.25. The van der Waals surface area contributed by atoms with E-state index in [1.165, 1.54) is 6.26 Å². The molecular formula is C12H17ClO4S. The van der Waals surface area contributed by atoms with E-state index >= 15 is 0 Å². The van der Waals surface area contributed by atoms with Gasteiger partial charge >= 0.3 is 0 Å². The second-order valence-corrected chi connectivity index (χ2v) is 6.86. The van der Waals surface area contributed by atoms with E-state index in [4.69, 9.17) is 16.3 Å². The van der Waals surface area contributed by atoms with Gasteiger partial charge in [0.1, 0.15) is 15.6 Å². The molecule has 0 saturated carbocycles. The van der Waals surface area contributed by atoms with Crippen LogP contribution in [0.4, 0.5) is 0 Å². The summed E-state index contributed by atoms with van der Waals surface area (Å²) in [5, 5.41) is 9.79. The fourth-order valence-corrected chi connectivity index (χ4v) is 2.28. The monoisotopic (exact) mass is 292 g/mol. The smallest absolute Gasteiger partial charge is 0.147 e. The molecule has 0 aliphatic carbocycles. The molecule has 0 amide bonds. The summed E-state index contributed by atoms with van der Waals surface area (Å²) in [7, 11) is -2.95. The lowest BCUT2D eigenvalue weighted by molar-refractivity contribution is 0.199. The zero-order valence-electron chi connectivity index (χ0n) is 10.4. The molecule has 0 saturated heterocycles. The number of ether oxygens (including phenoxy) is 1. The molecule has 0 aliphatic rings. The van der Waals surface area contributed by atoms with Crippen LogP contribution in [0.5, 0.6) is 5.75 Å². The fraction of sp³-hybridized carbons (Fsp3) is 0.500. The van der Waals surface area contributed by atoms with Crippen LogP contribution in [0.15, 0.2) is 18.2 Å². The number of aliphatic hydroxyl groups is 1. The van der Waals surface area contributed by atoms with Gasteiger partial charge in [-0.25, -0.2) is 8.42 Å². The zero-order chi connectivity index (χ0) is 13.8. The molecule has 1 aromatic carbocycles. The van der Waals surface area contributed by atoms with Crippen molar-refractivity contribution >= 4 is 21.4 Å². The van der Waals surface area contributed by atoms with Crippen LogP contribution in [-0.2, 0) is 9.84 Å². The fourth-order valence-electron chi connectivity index (χ4n) is 1.40. The number of benzene rings is 1. The summed E-state index contributed by atoms with van der Waals surface area (Å²) in [6.45, 7) is 1.94. The van der Waals surface area contributed by atoms with Crippen molar-refractivity contribution in [3.05, 3.63) is 28.8 Å². The maximum Gasteiger partial charge on any atom is 0.147 e. The Kier molecular flexibility index (Phi) is 5.44. The van der Waals surface area contributed by atoms with E-state index in [-0.39, 0.29) is 5.75 Å². The van der Waals surface area contributed by atoms with Gasteiger partial charge in [0.05, 0.1) is 23.5 Å². The Balaban J connectivity index is 2.53. The normalized spacial score (nSPS) is 13.3. The molecular weight excluding hydrogens is 276 g/mol. The predicted molar refractivity (Wildman–Crippen MR) is 71.9 cm³/mol. The maximum atomic E-state index is 10.9. The second kappa shape index (κ2) is 6.41. The first-order valence-corrected chi connectivity index (χ1v) is 8.01. The molecule has 18 heavy (non-hydrogen) atoms. The summed E-state index contributed by atoms with van der Waals surface area (Å²) in [5.74, 6) is 0.589.